The summed E-state index contributed by atoms with van der Waals surface area (Å²) in [7, 11) is 0. The maximum absolute atomic E-state index is 13.4. The molecule has 2 aliphatic carbocycles. The molecule has 1 aliphatic heterocycles. The van der Waals surface area contributed by atoms with Gasteiger partial charge in [-0.25, -0.2) is 0 Å². The number of carbonyl (C=O) groups excluding carboxylic acids is 2. The zero-order valence-corrected chi connectivity index (χ0v) is 24.5. The predicted molar refractivity (Wildman–Crippen MR) is 168 cm³/mol. The number of nitrogens with one attached hydrogen (secondary N) is 1. The van der Waals surface area contributed by atoms with Crippen LogP contribution < -0.4 is 16.0 Å². The van der Waals surface area contributed by atoms with Crippen molar-refractivity contribution in [1.29, 1.82) is 5.26 Å². The van der Waals surface area contributed by atoms with Gasteiger partial charge < -0.3 is 25.6 Å². The fourth-order valence-corrected chi connectivity index (χ4v) is 6.20. The maximum Gasteiger partial charge on any atom is 0.255 e. The lowest BCUT2D eigenvalue weighted by atomic mass is 9.90. The van der Waals surface area contributed by atoms with Crippen molar-refractivity contribution >= 4 is 23.2 Å². The Bertz CT molecular complexity index is 1500. The van der Waals surface area contributed by atoms with E-state index in [0.29, 0.717) is 30.9 Å². The van der Waals surface area contributed by atoms with Gasteiger partial charge in [0.05, 0.1) is 36.2 Å². The highest BCUT2D eigenvalue weighted by molar-refractivity contribution is 6.06. The first kappa shape index (κ1) is 28.9. The number of nitrogens with two attached hydrogens (primary N) is 1. The van der Waals surface area contributed by atoms with E-state index >= 15 is 0 Å². The van der Waals surface area contributed by atoms with Crippen molar-refractivity contribution in [3.63, 3.8) is 0 Å². The lowest BCUT2D eigenvalue weighted by Gasteiger charge is -2.36. The van der Waals surface area contributed by atoms with E-state index in [4.69, 9.17) is 15.7 Å². The smallest absolute Gasteiger partial charge is 0.255 e. The molecule has 3 aliphatic rings. The van der Waals surface area contributed by atoms with Gasteiger partial charge in [-0.3, -0.25) is 9.59 Å². The van der Waals surface area contributed by atoms with Crippen molar-refractivity contribution < 1.29 is 14.3 Å². The number of carbonyl (C=O) groups is 2. The molecule has 0 unspecified atom stereocenters. The molecule has 3 N–H and O–H groups in total. The van der Waals surface area contributed by atoms with Gasteiger partial charge in [-0.05, 0) is 97.7 Å². The Morgan fingerprint density at radius 1 is 0.930 bits per heavy atom. The number of nitriles is 1. The van der Waals surface area contributed by atoms with Crippen LogP contribution in [0, 0.1) is 17.2 Å². The summed E-state index contributed by atoms with van der Waals surface area (Å²) in [5.41, 5.74) is 12.0. The minimum atomic E-state index is -0.230. The largest absolute Gasteiger partial charge is 0.378 e. The van der Waals surface area contributed by atoms with Crippen LogP contribution in [0.1, 0.15) is 60.0 Å². The zero-order valence-electron chi connectivity index (χ0n) is 24.5. The average molecular weight is 578 g/mol. The summed E-state index contributed by atoms with van der Waals surface area (Å²) >= 11 is 0. The van der Waals surface area contributed by atoms with Crippen LogP contribution in [0.25, 0.3) is 11.1 Å². The van der Waals surface area contributed by atoms with Gasteiger partial charge in [0.2, 0.25) is 5.91 Å². The van der Waals surface area contributed by atoms with E-state index < -0.39 is 0 Å². The second kappa shape index (κ2) is 13.0. The van der Waals surface area contributed by atoms with E-state index in [1.165, 1.54) is 0 Å². The van der Waals surface area contributed by atoms with Gasteiger partial charge in [-0.15, -0.1) is 0 Å². The highest BCUT2D eigenvalue weighted by Crippen LogP contribution is 2.36. The monoisotopic (exact) mass is 577 g/mol. The van der Waals surface area contributed by atoms with E-state index in [2.05, 4.69) is 51.5 Å². The second-order valence-electron chi connectivity index (χ2n) is 12.0. The van der Waals surface area contributed by atoms with Gasteiger partial charge in [0, 0.05) is 43.2 Å². The molecule has 3 aromatic carbocycles. The molecule has 3 aromatic rings. The molecule has 0 atom stereocenters. The molecule has 1 heterocycles. The molecule has 8 heteroatoms. The Balaban J connectivity index is 1.27. The van der Waals surface area contributed by atoms with Gasteiger partial charge in [0.1, 0.15) is 0 Å². The number of rotatable bonds is 8. The Kier molecular flexibility index (Phi) is 8.73. The van der Waals surface area contributed by atoms with Crippen molar-refractivity contribution in [1.82, 2.24) is 4.90 Å². The molecule has 2 amide bonds. The molecule has 8 nitrogen and oxygen atoms in total. The van der Waals surface area contributed by atoms with E-state index in [1.54, 1.807) is 24.3 Å². The maximum atomic E-state index is 13.4. The second-order valence-corrected chi connectivity index (χ2v) is 12.0. The molecule has 43 heavy (non-hydrogen) atoms. The SMILES string of the molecule is N#Cc1ccc(C(=O)Nc2cc(-c3cccc(CN(C(=O)C4CC4)C4CCC(N)CC4)c3)ccc2N2CCOCC2)cc1. The number of nitrogens with zero attached hydrogens (tertiary/aromatic N) is 3. The van der Waals surface area contributed by atoms with Crippen molar-refractivity contribution in [2.75, 3.05) is 36.5 Å². The fraction of sp³-hybridized carbons (Fsp3) is 0.400. The van der Waals surface area contributed by atoms with Gasteiger partial charge >= 0.3 is 0 Å². The van der Waals surface area contributed by atoms with Crippen LogP contribution in [0.15, 0.2) is 66.7 Å². The third-order valence-corrected chi connectivity index (χ3v) is 8.88. The van der Waals surface area contributed by atoms with E-state index in [0.717, 1.165) is 79.7 Å². The summed E-state index contributed by atoms with van der Waals surface area (Å²) in [5, 5.41) is 12.3. The molecule has 0 bridgehead atoms. The van der Waals surface area contributed by atoms with Gasteiger partial charge in [-0.1, -0.05) is 24.3 Å². The van der Waals surface area contributed by atoms with Crippen LogP contribution in [0.4, 0.5) is 11.4 Å². The summed E-state index contributed by atoms with van der Waals surface area (Å²) < 4.78 is 5.57. The molecule has 6 rings (SSSR count). The number of anilines is 2. The van der Waals surface area contributed by atoms with Crippen LogP contribution >= 0.6 is 0 Å². The molecule has 0 spiro atoms. The number of amides is 2. The van der Waals surface area contributed by atoms with Crippen LogP contribution in [0.2, 0.25) is 0 Å². The first-order valence-electron chi connectivity index (χ1n) is 15.4. The van der Waals surface area contributed by atoms with Crippen LogP contribution in [-0.2, 0) is 16.1 Å². The molecule has 1 saturated heterocycles. The van der Waals surface area contributed by atoms with Gasteiger partial charge in [0.15, 0.2) is 0 Å². The Labute approximate surface area is 253 Å². The minimum Gasteiger partial charge on any atom is -0.378 e. The topological polar surface area (TPSA) is 112 Å². The highest BCUT2D eigenvalue weighted by atomic mass is 16.5. The van der Waals surface area contributed by atoms with E-state index in [1.807, 2.05) is 12.1 Å². The highest BCUT2D eigenvalue weighted by Gasteiger charge is 2.37. The number of hydrogen-bond donors (Lipinski definition) is 2. The predicted octanol–water partition coefficient (Wildman–Crippen LogP) is 5.32. The number of morpholine rings is 1. The van der Waals surface area contributed by atoms with E-state index in [9.17, 15) is 9.59 Å². The lowest BCUT2D eigenvalue weighted by molar-refractivity contribution is -0.136. The summed E-state index contributed by atoms with van der Waals surface area (Å²) in [5.74, 6) is 0.230. The summed E-state index contributed by atoms with van der Waals surface area (Å²) in [6, 6.07) is 23.8. The van der Waals surface area contributed by atoms with Crippen LogP contribution in [0.3, 0.4) is 0 Å². The zero-order chi connectivity index (χ0) is 29.8. The summed E-state index contributed by atoms with van der Waals surface area (Å²) in [6.45, 7) is 3.35. The van der Waals surface area contributed by atoms with Gasteiger partial charge in [-0.2, -0.15) is 5.26 Å². The van der Waals surface area contributed by atoms with Crippen molar-refractivity contribution in [2.24, 2.45) is 11.7 Å². The third-order valence-electron chi connectivity index (χ3n) is 8.88. The third kappa shape index (κ3) is 6.90. The average Bonchev–Trinajstić information content (AvgIpc) is 3.90. The quantitative estimate of drug-likeness (QED) is 0.375. The fourth-order valence-electron chi connectivity index (χ4n) is 6.20. The molecule has 0 radical (unpaired) electrons. The lowest BCUT2D eigenvalue weighted by Crippen LogP contribution is -2.44. The van der Waals surface area contributed by atoms with Crippen LogP contribution in [-0.4, -0.2) is 55.1 Å². The Morgan fingerprint density at radius 3 is 2.35 bits per heavy atom. The summed E-state index contributed by atoms with van der Waals surface area (Å²) in [6.07, 6.45) is 5.84. The first-order chi connectivity index (χ1) is 21.0. The normalized spacial score (nSPS) is 20.2. The molecule has 3 fully saturated rings. The molecular formula is C35H39N5O3. The van der Waals surface area contributed by atoms with Crippen molar-refractivity contribution in [3.8, 4) is 17.2 Å². The molecule has 0 aromatic heterocycles. The number of ether oxygens (including phenoxy) is 1. The first-order valence-corrected chi connectivity index (χ1v) is 15.4. The Hall–Kier alpha value is -4.19. The molecule has 222 valence electrons. The minimum absolute atomic E-state index is 0.175. The molecule has 2 saturated carbocycles. The standard InChI is InChI=1S/C35H39N5O3/c36-22-24-4-6-26(7-5-24)34(41)38-32-21-29(10-15-33(32)39-16-18-43-19-17-39)28-3-1-2-25(20-28)23-40(35(42)27-8-9-27)31-13-11-30(37)12-14-31/h1-7,10,15,20-21,27,30-31H,8-9,11-14,16-19,23,37H2,(H,38,41). The molecular weight excluding hydrogens is 538 g/mol. The number of hydrogen-bond acceptors (Lipinski definition) is 6. The van der Waals surface area contributed by atoms with Crippen molar-refractivity contribution in [2.45, 2.75) is 57.2 Å². The van der Waals surface area contributed by atoms with Gasteiger partial charge in [0.25, 0.3) is 5.91 Å². The van der Waals surface area contributed by atoms with Crippen LogP contribution in [0.5, 0.6) is 0 Å². The van der Waals surface area contributed by atoms with E-state index in [-0.39, 0.29) is 29.8 Å². The number of benzene rings is 3. The Morgan fingerprint density at radius 2 is 1.65 bits per heavy atom. The summed E-state index contributed by atoms with van der Waals surface area (Å²) in [4.78, 5) is 31.0. The van der Waals surface area contributed by atoms with Crippen molar-refractivity contribution in [3.05, 3.63) is 83.4 Å².